The first-order chi connectivity index (χ1) is 14.9. The summed E-state index contributed by atoms with van der Waals surface area (Å²) in [4.78, 5) is 33.1. The molecule has 1 aromatic carbocycles. The molecule has 8 heteroatoms. The van der Waals surface area contributed by atoms with E-state index in [1.54, 1.807) is 19.1 Å². The molecule has 31 heavy (non-hydrogen) atoms. The van der Waals surface area contributed by atoms with Gasteiger partial charge in [0, 0.05) is 37.8 Å². The van der Waals surface area contributed by atoms with E-state index in [-0.39, 0.29) is 16.2 Å². The maximum Gasteiger partial charge on any atom is 0.287 e. The quantitative estimate of drug-likeness (QED) is 0.531. The zero-order chi connectivity index (χ0) is 21.3. The van der Waals surface area contributed by atoms with Crippen LogP contribution < -0.4 is 10.5 Å². The fourth-order valence-electron chi connectivity index (χ4n) is 7.38. The number of rotatable bonds is 3. The highest BCUT2D eigenvalue weighted by Crippen LogP contribution is 2.57. The first kappa shape index (κ1) is 19.6. The lowest BCUT2D eigenvalue weighted by Gasteiger charge is -2.61. The van der Waals surface area contributed by atoms with Gasteiger partial charge in [-0.25, -0.2) is 0 Å². The van der Waals surface area contributed by atoms with Crippen molar-refractivity contribution in [3.8, 4) is 0 Å². The van der Waals surface area contributed by atoms with Gasteiger partial charge in [0.05, 0.1) is 10.3 Å². The van der Waals surface area contributed by atoms with Gasteiger partial charge < -0.3 is 4.90 Å². The largest absolute Gasteiger partial charge is 0.345 e. The number of nitro groups is 1. The van der Waals surface area contributed by atoms with Crippen LogP contribution in [0.2, 0.25) is 0 Å². The predicted octanol–water partition coefficient (Wildman–Crippen LogP) is 3.96. The number of hydrogen-bond donors (Lipinski definition) is 0. The zero-order valence-corrected chi connectivity index (χ0v) is 18.7. The molecule has 2 heterocycles. The fraction of sp³-hybridized carbons (Fsp3) is 0.652. The Hall–Kier alpha value is -2.06. The third kappa shape index (κ3) is 3.18. The number of anilines is 1. The van der Waals surface area contributed by atoms with Crippen LogP contribution in [0.1, 0.15) is 44.1 Å². The topological polar surface area (TPSA) is 79.6 Å². The number of fused-ring (bicyclic) bond motifs is 1. The molecule has 164 valence electrons. The van der Waals surface area contributed by atoms with Crippen molar-refractivity contribution in [2.24, 2.45) is 17.8 Å². The molecule has 1 aliphatic heterocycles. The molecule has 0 amide bonds. The second-order valence-corrected chi connectivity index (χ2v) is 11.3. The molecule has 0 spiro atoms. The van der Waals surface area contributed by atoms with E-state index >= 15 is 0 Å². The van der Waals surface area contributed by atoms with Gasteiger partial charge in [-0.3, -0.25) is 19.8 Å². The minimum absolute atomic E-state index is 0.00736. The third-order valence-corrected chi connectivity index (χ3v) is 9.42. The van der Waals surface area contributed by atoms with Crippen molar-refractivity contribution in [1.29, 1.82) is 0 Å². The standard InChI is InChI=1S/C23H28N4O3S/c1-14-6-18-20(19(7-14)27(29)30)31-22(24-21(18)28)25-2-4-26(5-3-25)23-11-15-8-16(12-23)10-17(9-15)13-23/h6-7,15-17H,2-5,8-13H2,1H3. The summed E-state index contributed by atoms with van der Waals surface area (Å²) in [6.07, 6.45) is 8.45. The number of nitro benzene ring substituents is 1. The van der Waals surface area contributed by atoms with Crippen molar-refractivity contribution < 1.29 is 4.92 Å². The van der Waals surface area contributed by atoms with Crippen LogP contribution in [0.5, 0.6) is 0 Å². The van der Waals surface area contributed by atoms with Crippen LogP contribution in [-0.2, 0) is 0 Å². The van der Waals surface area contributed by atoms with E-state index < -0.39 is 0 Å². The van der Waals surface area contributed by atoms with Crippen LogP contribution in [0.25, 0.3) is 10.1 Å². The van der Waals surface area contributed by atoms with Crippen LogP contribution in [0, 0.1) is 34.8 Å². The van der Waals surface area contributed by atoms with Crippen molar-refractivity contribution in [2.75, 3.05) is 31.1 Å². The highest BCUT2D eigenvalue weighted by molar-refractivity contribution is 7.22. The van der Waals surface area contributed by atoms with Crippen molar-refractivity contribution in [2.45, 2.75) is 51.0 Å². The van der Waals surface area contributed by atoms with Crippen molar-refractivity contribution in [1.82, 2.24) is 9.88 Å². The molecule has 0 atom stereocenters. The molecule has 4 bridgehead atoms. The highest BCUT2D eigenvalue weighted by Gasteiger charge is 2.53. The van der Waals surface area contributed by atoms with Gasteiger partial charge in [0.25, 0.3) is 11.2 Å². The van der Waals surface area contributed by atoms with E-state index in [9.17, 15) is 14.9 Å². The number of benzene rings is 1. The fourth-order valence-corrected chi connectivity index (χ4v) is 8.49. The van der Waals surface area contributed by atoms with Crippen molar-refractivity contribution >= 4 is 32.2 Å². The van der Waals surface area contributed by atoms with E-state index in [0.717, 1.165) is 43.9 Å². The average Bonchev–Trinajstić information content (AvgIpc) is 2.73. The minimum atomic E-state index is -0.389. The lowest BCUT2D eigenvalue weighted by atomic mass is 9.52. The Morgan fingerprint density at radius 3 is 2.26 bits per heavy atom. The summed E-state index contributed by atoms with van der Waals surface area (Å²) in [6.45, 7) is 5.41. The van der Waals surface area contributed by atoms with Gasteiger partial charge in [-0.1, -0.05) is 11.3 Å². The lowest BCUT2D eigenvalue weighted by Crippen LogP contribution is -2.64. The van der Waals surface area contributed by atoms with E-state index in [4.69, 9.17) is 0 Å². The molecule has 5 aliphatic rings. The Bertz CT molecular complexity index is 1090. The Balaban J connectivity index is 1.26. The molecule has 5 fully saturated rings. The van der Waals surface area contributed by atoms with Gasteiger partial charge >= 0.3 is 0 Å². The summed E-state index contributed by atoms with van der Waals surface area (Å²) in [5.41, 5.74) is 0.760. The first-order valence-corrected chi connectivity index (χ1v) is 12.3. The Morgan fingerprint density at radius 2 is 1.68 bits per heavy atom. The smallest absolute Gasteiger partial charge is 0.287 e. The Morgan fingerprint density at radius 1 is 1.06 bits per heavy atom. The molecule has 0 N–H and O–H groups in total. The molecule has 7 rings (SSSR count). The molecular weight excluding hydrogens is 412 g/mol. The lowest BCUT2D eigenvalue weighted by molar-refractivity contribution is -0.382. The molecule has 0 radical (unpaired) electrons. The molecule has 4 saturated carbocycles. The number of non-ortho nitro benzene ring substituents is 1. The van der Waals surface area contributed by atoms with Gasteiger partial charge in [0.2, 0.25) is 0 Å². The van der Waals surface area contributed by atoms with Crippen LogP contribution in [0.4, 0.5) is 10.8 Å². The summed E-state index contributed by atoms with van der Waals surface area (Å²) < 4.78 is 0.439. The molecular formula is C23H28N4O3S. The van der Waals surface area contributed by atoms with Crippen LogP contribution >= 0.6 is 11.3 Å². The highest BCUT2D eigenvalue weighted by atomic mass is 32.1. The number of nitrogens with zero attached hydrogens (tertiary/aromatic N) is 4. The van der Waals surface area contributed by atoms with E-state index in [1.807, 2.05) is 0 Å². The molecule has 7 nitrogen and oxygen atoms in total. The van der Waals surface area contributed by atoms with E-state index in [0.29, 0.717) is 26.3 Å². The van der Waals surface area contributed by atoms with Crippen molar-refractivity contribution in [3.05, 3.63) is 38.2 Å². The van der Waals surface area contributed by atoms with Gasteiger partial charge in [-0.2, -0.15) is 4.98 Å². The number of aryl methyl sites for hydroxylation is 1. The van der Waals surface area contributed by atoms with E-state index in [1.165, 1.54) is 49.9 Å². The van der Waals surface area contributed by atoms with Crippen LogP contribution in [-0.4, -0.2) is 46.5 Å². The summed E-state index contributed by atoms with van der Waals surface area (Å²) in [6, 6.07) is 3.26. The molecule has 4 aliphatic carbocycles. The first-order valence-electron chi connectivity index (χ1n) is 11.5. The molecule has 1 saturated heterocycles. The summed E-state index contributed by atoms with van der Waals surface area (Å²) in [5.74, 6) is 2.79. The summed E-state index contributed by atoms with van der Waals surface area (Å²) in [7, 11) is 0. The van der Waals surface area contributed by atoms with Gasteiger partial charge in [0.15, 0.2) is 5.13 Å². The monoisotopic (exact) mass is 440 g/mol. The van der Waals surface area contributed by atoms with Crippen LogP contribution in [0.3, 0.4) is 0 Å². The SMILES string of the molecule is Cc1cc([N+](=O)[O-])c2sc(N3CCN(C45CC6CC(CC(C6)C4)C5)CC3)nc(=O)c2c1. The normalized spacial score (nSPS) is 32.7. The van der Waals surface area contributed by atoms with Gasteiger partial charge in [-0.15, -0.1) is 0 Å². The predicted molar refractivity (Wildman–Crippen MR) is 122 cm³/mol. The number of piperazine rings is 1. The second kappa shape index (κ2) is 6.97. The van der Waals surface area contributed by atoms with Gasteiger partial charge in [-0.05, 0) is 74.8 Å². The maximum atomic E-state index is 12.7. The minimum Gasteiger partial charge on any atom is -0.345 e. The number of hydrogen-bond acceptors (Lipinski definition) is 7. The second-order valence-electron chi connectivity index (χ2n) is 10.3. The van der Waals surface area contributed by atoms with Crippen molar-refractivity contribution in [3.63, 3.8) is 0 Å². The summed E-state index contributed by atoms with van der Waals surface area (Å²) in [5, 5.41) is 12.6. The maximum absolute atomic E-state index is 12.7. The molecule has 1 aromatic heterocycles. The summed E-state index contributed by atoms with van der Waals surface area (Å²) >= 11 is 1.29. The Labute approximate surface area is 185 Å². The third-order valence-electron chi connectivity index (χ3n) is 8.26. The van der Waals surface area contributed by atoms with E-state index in [2.05, 4.69) is 14.8 Å². The molecule has 0 unspecified atom stereocenters. The van der Waals surface area contributed by atoms with Crippen LogP contribution in [0.15, 0.2) is 16.9 Å². The number of aromatic nitrogens is 1. The zero-order valence-electron chi connectivity index (χ0n) is 17.9. The van der Waals surface area contributed by atoms with Gasteiger partial charge in [0.1, 0.15) is 4.70 Å². The molecule has 2 aromatic rings. The Kier molecular flexibility index (Phi) is 4.41. The average molecular weight is 441 g/mol.